The lowest BCUT2D eigenvalue weighted by molar-refractivity contribution is -0.298. The molecule has 1 saturated heterocycles. The van der Waals surface area contributed by atoms with E-state index in [9.17, 15) is 33.6 Å². The quantitative estimate of drug-likeness (QED) is 0.0200. The Balaban J connectivity index is 2.59. The molecule has 1 aliphatic heterocycles. The summed E-state index contributed by atoms with van der Waals surface area (Å²) < 4.78 is 47.5. The van der Waals surface area contributed by atoms with Crippen molar-refractivity contribution in [1.29, 1.82) is 0 Å². The van der Waals surface area contributed by atoms with Gasteiger partial charge in [-0.15, -0.1) is 0 Å². The Bertz CT molecular complexity index is 1160. The van der Waals surface area contributed by atoms with Crippen molar-refractivity contribution in [2.45, 2.75) is 224 Å². The summed E-state index contributed by atoms with van der Waals surface area (Å²) in [4.78, 5) is 12.9. The third kappa shape index (κ3) is 28.4. The highest BCUT2D eigenvalue weighted by molar-refractivity contribution is 7.80. The molecule has 7 atom stereocenters. The summed E-state index contributed by atoms with van der Waals surface area (Å²) in [6.45, 7) is 3.33. The number of amides is 1. The van der Waals surface area contributed by atoms with Crippen molar-refractivity contribution in [2.24, 2.45) is 0 Å². The van der Waals surface area contributed by atoms with Crippen LogP contribution in [-0.4, -0.2) is 95.4 Å². The Labute approximate surface area is 345 Å². The molecule has 0 saturated carbocycles. The second-order valence-corrected chi connectivity index (χ2v) is 16.7. The van der Waals surface area contributed by atoms with Gasteiger partial charge >= 0.3 is 10.4 Å². The summed E-state index contributed by atoms with van der Waals surface area (Å²) in [5, 5.41) is 44.6. The molecule has 12 nitrogen and oxygen atoms in total. The number of unbranched alkanes of at least 4 members (excludes halogenated alkanes) is 21. The van der Waals surface area contributed by atoms with Crippen molar-refractivity contribution in [3.8, 4) is 0 Å². The van der Waals surface area contributed by atoms with Crippen LogP contribution in [0.15, 0.2) is 36.5 Å². The predicted molar refractivity (Wildman–Crippen MR) is 227 cm³/mol. The van der Waals surface area contributed by atoms with E-state index in [1.165, 1.54) is 122 Å². The molecule has 1 aliphatic rings. The van der Waals surface area contributed by atoms with Gasteiger partial charge in [-0.25, -0.2) is 4.18 Å². The zero-order chi connectivity index (χ0) is 42.0. The average molecular weight is 832 g/mol. The summed E-state index contributed by atoms with van der Waals surface area (Å²) in [7, 11) is -5.09. The number of aliphatic hydroxyl groups excluding tert-OH is 4. The minimum atomic E-state index is -5.09. The standard InChI is InChI=1S/C44H81NO11S/c1-3-5-7-9-11-13-15-17-18-19-20-22-23-25-27-29-31-33-38(47)37(36-54-44-42(50)43(56-57(51,52)53)41(49)39(35-46)55-44)45-40(48)34-32-30-28-26-24-21-16-14-12-10-8-6-4-2/h21,24,28,30-31,33,37-39,41-44,46-47,49-50H,3-20,22-23,25-27,29,32,34-36H2,1-2H3,(H,45,48)(H,51,52,53)/b24-21-,30-28-,33-31+. The van der Waals surface area contributed by atoms with E-state index in [2.05, 4.69) is 35.5 Å². The second kappa shape index (κ2) is 35.1. The molecule has 1 rings (SSSR count). The molecule has 7 unspecified atom stereocenters. The van der Waals surface area contributed by atoms with Gasteiger partial charge < -0.3 is 35.2 Å². The van der Waals surface area contributed by atoms with Crippen LogP contribution in [0.4, 0.5) is 0 Å². The maximum atomic E-state index is 12.9. The topological polar surface area (TPSA) is 192 Å². The number of carbonyl (C=O) groups excluding carboxylic acids is 1. The molecule has 334 valence electrons. The number of nitrogens with one attached hydrogen (secondary N) is 1. The Morgan fingerprint density at radius 1 is 0.702 bits per heavy atom. The monoisotopic (exact) mass is 832 g/mol. The van der Waals surface area contributed by atoms with Gasteiger partial charge in [-0.05, 0) is 38.5 Å². The van der Waals surface area contributed by atoms with Crippen LogP contribution < -0.4 is 5.32 Å². The van der Waals surface area contributed by atoms with Crippen molar-refractivity contribution in [3.63, 3.8) is 0 Å². The number of hydrogen-bond acceptors (Lipinski definition) is 10. The smallest absolute Gasteiger partial charge is 0.394 e. The molecule has 0 aromatic rings. The highest BCUT2D eigenvalue weighted by atomic mass is 32.3. The fourth-order valence-corrected chi connectivity index (χ4v) is 7.42. The lowest BCUT2D eigenvalue weighted by Crippen LogP contribution is -2.61. The summed E-state index contributed by atoms with van der Waals surface area (Å²) in [6.07, 6.45) is 32.0. The third-order valence-corrected chi connectivity index (χ3v) is 10.9. The van der Waals surface area contributed by atoms with Gasteiger partial charge in [0, 0.05) is 6.42 Å². The van der Waals surface area contributed by atoms with E-state index in [0.29, 0.717) is 6.42 Å². The number of aliphatic hydroxyl groups is 4. The van der Waals surface area contributed by atoms with E-state index in [4.69, 9.17) is 14.0 Å². The largest absolute Gasteiger partial charge is 0.397 e. The van der Waals surface area contributed by atoms with Crippen LogP contribution in [-0.2, 0) is 28.9 Å². The first kappa shape index (κ1) is 53.3. The Kier molecular flexibility index (Phi) is 32.9. The maximum Gasteiger partial charge on any atom is 0.397 e. The van der Waals surface area contributed by atoms with E-state index in [-0.39, 0.29) is 18.9 Å². The minimum absolute atomic E-state index is 0.162. The lowest BCUT2D eigenvalue weighted by Gasteiger charge is -2.41. The van der Waals surface area contributed by atoms with Gasteiger partial charge in [-0.2, -0.15) is 8.42 Å². The van der Waals surface area contributed by atoms with Gasteiger partial charge in [-0.1, -0.05) is 172 Å². The highest BCUT2D eigenvalue weighted by Gasteiger charge is 2.48. The lowest BCUT2D eigenvalue weighted by atomic mass is 9.99. The van der Waals surface area contributed by atoms with Gasteiger partial charge in [0.2, 0.25) is 5.91 Å². The number of rotatable bonds is 37. The summed E-state index contributed by atoms with van der Waals surface area (Å²) >= 11 is 0. The zero-order valence-electron chi connectivity index (χ0n) is 35.4. The van der Waals surface area contributed by atoms with E-state index in [0.717, 1.165) is 32.1 Å². The van der Waals surface area contributed by atoms with E-state index >= 15 is 0 Å². The molecule has 1 heterocycles. The van der Waals surface area contributed by atoms with E-state index in [1.54, 1.807) is 6.08 Å². The normalized spacial score (nSPS) is 21.6. The number of ether oxygens (including phenoxy) is 2. The number of carbonyl (C=O) groups is 1. The van der Waals surface area contributed by atoms with Crippen LogP contribution in [0.5, 0.6) is 0 Å². The fourth-order valence-electron chi connectivity index (χ4n) is 6.91. The summed E-state index contributed by atoms with van der Waals surface area (Å²) in [5.41, 5.74) is 0. The van der Waals surface area contributed by atoms with Crippen LogP contribution in [0.1, 0.15) is 181 Å². The Hall–Kier alpha value is -1.68. The average Bonchev–Trinajstić information content (AvgIpc) is 3.18. The molecule has 0 aromatic heterocycles. The van der Waals surface area contributed by atoms with Gasteiger partial charge in [0.25, 0.3) is 0 Å². The molecule has 1 amide bonds. The van der Waals surface area contributed by atoms with Crippen LogP contribution in [0.3, 0.4) is 0 Å². The molecular formula is C44H81NO11S. The van der Waals surface area contributed by atoms with Crippen LogP contribution >= 0.6 is 0 Å². The highest BCUT2D eigenvalue weighted by Crippen LogP contribution is 2.26. The van der Waals surface area contributed by atoms with Crippen LogP contribution in [0.25, 0.3) is 0 Å². The van der Waals surface area contributed by atoms with Crippen molar-refractivity contribution in [3.05, 3.63) is 36.5 Å². The van der Waals surface area contributed by atoms with Gasteiger partial charge in [0.1, 0.15) is 24.4 Å². The molecule has 6 N–H and O–H groups in total. The molecule has 0 aliphatic carbocycles. The summed E-state index contributed by atoms with van der Waals surface area (Å²) in [5.74, 6) is -0.330. The molecule has 0 spiro atoms. The molecule has 0 bridgehead atoms. The van der Waals surface area contributed by atoms with Crippen LogP contribution in [0.2, 0.25) is 0 Å². The number of hydrogen-bond donors (Lipinski definition) is 6. The number of allylic oxidation sites excluding steroid dienone is 5. The maximum absolute atomic E-state index is 12.9. The van der Waals surface area contributed by atoms with E-state index < -0.39 is 59.9 Å². The third-order valence-electron chi connectivity index (χ3n) is 10.4. The molecule has 0 radical (unpaired) electrons. The Morgan fingerprint density at radius 2 is 1.18 bits per heavy atom. The summed E-state index contributed by atoms with van der Waals surface area (Å²) in [6, 6.07) is -0.972. The molecule has 0 aromatic carbocycles. The van der Waals surface area contributed by atoms with E-state index in [1.807, 2.05) is 18.2 Å². The first-order chi connectivity index (χ1) is 27.5. The van der Waals surface area contributed by atoms with Crippen molar-refractivity contribution in [2.75, 3.05) is 13.2 Å². The van der Waals surface area contributed by atoms with Gasteiger partial charge in [0.15, 0.2) is 6.29 Å². The zero-order valence-corrected chi connectivity index (χ0v) is 36.2. The van der Waals surface area contributed by atoms with Crippen molar-refractivity contribution >= 4 is 16.3 Å². The van der Waals surface area contributed by atoms with Gasteiger partial charge in [-0.3, -0.25) is 9.35 Å². The first-order valence-corrected chi connectivity index (χ1v) is 23.7. The van der Waals surface area contributed by atoms with Gasteiger partial charge in [0.05, 0.1) is 25.4 Å². The first-order valence-electron chi connectivity index (χ1n) is 22.4. The fraction of sp³-hybridized carbons (Fsp3) is 0.841. The second-order valence-electron chi connectivity index (χ2n) is 15.6. The predicted octanol–water partition coefficient (Wildman–Crippen LogP) is 8.33. The molecule has 1 fully saturated rings. The molecule has 13 heteroatoms. The van der Waals surface area contributed by atoms with Crippen LogP contribution in [0, 0.1) is 0 Å². The van der Waals surface area contributed by atoms with Crippen molar-refractivity contribution < 1.29 is 51.8 Å². The molecule has 57 heavy (non-hydrogen) atoms. The molecular weight excluding hydrogens is 751 g/mol. The minimum Gasteiger partial charge on any atom is -0.394 e. The SMILES string of the molecule is CCCCCCCC/C=C\C/C=C\CCC(=O)NC(COC1OC(CO)C(O)C(OS(=O)(=O)O)C1O)C(O)/C=C/CCCCCCCCCCCCCCCCC. The Morgan fingerprint density at radius 3 is 1.67 bits per heavy atom. The van der Waals surface area contributed by atoms with Crippen molar-refractivity contribution in [1.82, 2.24) is 5.32 Å².